The van der Waals surface area contributed by atoms with Crippen LogP contribution in [0.25, 0.3) is 0 Å². The van der Waals surface area contributed by atoms with Crippen molar-refractivity contribution in [3.63, 3.8) is 0 Å². The first-order valence-corrected chi connectivity index (χ1v) is 8.39. The molecule has 2 atom stereocenters. The minimum atomic E-state index is -0.171. The summed E-state index contributed by atoms with van der Waals surface area (Å²) in [5.74, 6) is 0.711. The Kier molecular flexibility index (Phi) is 4.67. The Hall–Kier alpha value is -1.87. The standard InChI is InChI=1S/C20H25FN2/c1-14(2)15-7-9-16(10-8-15)17-11-18(22)13-23(12-17)20-6-4-3-5-19(20)21/h3-10,14,17-18H,11-13,22H2,1-2H3. The molecule has 0 saturated carbocycles. The van der Waals surface area contributed by atoms with E-state index in [-0.39, 0.29) is 11.9 Å². The van der Waals surface area contributed by atoms with Crippen LogP contribution in [0.3, 0.4) is 0 Å². The van der Waals surface area contributed by atoms with Crippen LogP contribution in [-0.2, 0) is 0 Å². The first-order chi connectivity index (χ1) is 11.0. The Labute approximate surface area is 138 Å². The Morgan fingerprint density at radius 3 is 2.39 bits per heavy atom. The van der Waals surface area contributed by atoms with Crippen molar-refractivity contribution in [2.45, 2.75) is 38.1 Å². The highest BCUT2D eigenvalue weighted by Gasteiger charge is 2.27. The van der Waals surface area contributed by atoms with Crippen LogP contribution in [0.15, 0.2) is 48.5 Å². The highest BCUT2D eigenvalue weighted by molar-refractivity contribution is 5.49. The van der Waals surface area contributed by atoms with Gasteiger partial charge < -0.3 is 10.6 Å². The number of hydrogen-bond donors (Lipinski definition) is 1. The van der Waals surface area contributed by atoms with E-state index in [0.29, 0.717) is 24.1 Å². The second-order valence-electron chi connectivity index (χ2n) is 6.87. The molecule has 1 saturated heterocycles. The Morgan fingerprint density at radius 2 is 1.74 bits per heavy atom. The molecule has 122 valence electrons. The molecular formula is C20H25FN2. The Balaban J connectivity index is 1.82. The summed E-state index contributed by atoms with van der Waals surface area (Å²) in [4.78, 5) is 2.09. The van der Waals surface area contributed by atoms with E-state index in [2.05, 4.69) is 43.0 Å². The van der Waals surface area contributed by atoms with Crippen molar-refractivity contribution in [2.24, 2.45) is 5.73 Å². The molecule has 1 fully saturated rings. The Morgan fingerprint density at radius 1 is 1.04 bits per heavy atom. The largest absolute Gasteiger partial charge is 0.367 e. The van der Waals surface area contributed by atoms with Crippen molar-refractivity contribution in [1.29, 1.82) is 0 Å². The molecule has 2 aromatic carbocycles. The van der Waals surface area contributed by atoms with E-state index in [4.69, 9.17) is 5.73 Å². The molecule has 0 amide bonds. The topological polar surface area (TPSA) is 29.3 Å². The fourth-order valence-electron chi connectivity index (χ4n) is 3.44. The van der Waals surface area contributed by atoms with Crippen molar-refractivity contribution >= 4 is 5.69 Å². The third kappa shape index (κ3) is 3.56. The lowest BCUT2D eigenvalue weighted by Gasteiger charge is -2.38. The lowest BCUT2D eigenvalue weighted by atomic mass is 9.87. The zero-order chi connectivity index (χ0) is 16.4. The van der Waals surface area contributed by atoms with Crippen LogP contribution in [0, 0.1) is 5.82 Å². The first-order valence-electron chi connectivity index (χ1n) is 8.39. The van der Waals surface area contributed by atoms with Gasteiger partial charge in [0.25, 0.3) is 0 Å². The van der Waals surface area contributed by atoms with Gasteiger partial charge >= 0.3 is 0 Å². The SMILES string of the molecule is CC(C)c1ccc(C2CC(N)CN(c3ccccc3F)C2)cc1. The molecule has 1 aliphatic heterocycles. The molecule has 2 aromatic rings. The first kappa shape index (κ1) is 16.0. The second-order valence-corrected chi connectivity index (χ2v) is 6.87. The van der Waals surface area contributed by atoms with E-state index in [9.17, 15) is 4.39 Å². The summed E-state index contributed by atoms with van der Waals surface area (Å²) in [5.41, 5.74) is 9.56. The predicted octanol–water partition coefficient (Wildman–Crippen LogP) is 4.27. The number of halogens is 1. The monoisotopic (exact) mass is 312 g/mol. The number of para-hydroxylation sites is 1. The molecule has 2 nitrogen and oxygen atoms in total. The fraction of sp³-hybridized carbons (Fsp3) is 0.400. The summed E-state index contributed by atoms with van der Waals surface area (Å²) >= 11 is 0. The van der Waals surface area contributed by atoms with Crippen molar-refractivity contribution in [3.05, 3.63) is 65.5 Å². The molecule has 0 radical (unpaired) electrons. The van der Waals surface area contributed by atoms with E-state index in [1.807, 2.05) is 12.1 Å². The van der Waals surface area contributed by atoms with Gasteiger partial charge in [0.05, 0.1) is 5.69 Å². The van der Waals surface area contributed by atoms with Crippen LogP contribution in [0.2, 0.25) is 0 Å². The lowest BCUT2D eigenvalue weighted by molar-refractivity contribution is 0.449. The zero-order valence-electron chi connectivity index (χ0n) is 13.9. The average Bonchev–Trinajstić information content (AvgIpc) is 2.55. The van der Waals surface area contributed by atoms with E-state index in [1.54, 1.807) is 6.07 Å². The summed E-state index contributed by atoms with van der Waals surface area (Å²) in [6, 6.07) is 15.8. The highest BCUT2D eigenvalue weighted by Crippen LogP contribution is 2.31. The maximum atomic E-state index is 14.1. The molecule has 0 spiro atoms. The maximum Gasteiger partial charge on any atom is 0.146 e. The third-order valence-electron chi connectivity index (χ3n) is 4.75. The smallest absolute Gasteiger partial charge is 0.146 e. The number of piperidine rings is 1. The van der Waals surface area contributed by atoms with E-state index in [1.165, 1.54) is 17.2 Å². The summed E-state index contributed by atoms with van der Waals surface area (Å²) < 4.78 is 14.1. The van der Waals surface area contributed by atoms with Crippen LogP contribution < -0.4 is 10.6 Å². The number of hydrogen-bond acceptors (Lipinski definition) is 2. The summed E-state index contributed by atoms with van der Waals surface area (Å²) in [5, 5.41) is 0. The van der Waals surface area contributed by atoms with Gasteiger partial charge in [0.15, 0.2) is 0 Å². The van der Waals surface area contributed by atoms with E-state index >= 15 is 0 Å². The highest BCUT2D eigenvalue weighted by atomic mass is 19.1. The van der Waals surface area contributed by atoms with Crippen LogP contribution in [0.5, 0.6) is 0 Å². The molecule has 2 N–H and O–H groups in total. The lowest BCUT2D eigenvalue weighted by Crippen LogP contribution is -2.46. The second kappa shape index (κ2) is 6.71. The Bertz CT molecular complexity index is 651. The van der Waals surface area contributed by atoms with Crippen LogP contribution in [0.1, 0.15) is 43.2 Å². The number of nitrogens with two attached hydrogens (primary N) is 1. The fourth-order valence-corrected chi connectivity index (χ4v) is 3.44. The van der Waals surface area contributed by atoms with Crippen molar-refractivity contribution < 1.29 is 4.39 Å². The summed E-state index contributed by atoms with van der Waals surface area (Å²) in [7, 11) is 0. The van der Waals surface area contributed by atoms with Crippen LogP contribution in [-0.4, -0.2) is 19.1 Å². The van der Waals surface area contributed by atoms with E-state index < -0.39 is 0 Å². The normalized spacial score (nSPS) is 21.7. The van der Waals surface area contributed by atoms with Gasteiger partial charge in [0, 0.05) is 25.0 Å². The number of rotatable bonds is 3. The predicted molar refractivity (Wildman–Crippen MR) is 94.5 cm³/mol. The van der Waals surface area contributed by atoms with Crippen molar-refractivity contribution in [2.75, 3.05) is 18.0 Å². The van der Waals surface area contributed by atoms with Crippen molar-refractivity contribution in [3.8, 4) is 0 Å². The molecule has 2 unspecified atom stereocenters. The van der Waals surface area contributed by atoms with Gasteiger partial charge in [-0.15, -0.1) is 0 Å². The van der Waals surface area contributed by atoms with Gasteiger partial charge in [-0.25, -0.2) is 4.39 Å². The average molecular weight is 312 g/mol. The van der Waals surface area contributed by atoms with Gasteiger partial charge in [-0.3, -0.25) is 0 Å². The van der Waals surface area contributed by atoms with Gasteiger partial charge in [-0.1, -0.05) is 50.2 Å². The molecule has 1 heterocycles. The van der Waals surface area contributed by atoms with Gasteiger partial charge in [0.2, 0.25) is 0 Å². The zero-order valence-corrected chi connectivity index (χ0v) is 13.9. The molecule has 1 aliphatic rings. The van der Waals surface area contributed by atoms with Crippen LogP contribution in [0.4, 0.5) is 10.1 Å². The summed E-state index contributed by atoms with van der Waals surface area (Å²) in [6.45, 7) is 5.92. The summed E-state index contributed by atoms with van der Waals surface area (Å²) in [6.07, 6.45) is 0.950. The minimum Gasteiger partial charge on any atom is -0.367 e. The molecule has 0 aliphatic carbocycles. The molecule has 3 heteroatoms. The number of nitrogens with zero attached hydrogens (tertiary/aromatic N) is 1. The van der Waals surface area contributed by atoms with Gasteiger partial charge in [-0.2, -0.15) is 0 Å². The van der Waals surface area contributed by atoms with Crippen molar-refractivity contribution in [1.82, 2.24) is 0 Å². The van der Waals surface area contributed by atoms with Gasteiger partial charge in [0.1, 0.15) is 5.82 Å². The number of benzene rings is 2. The molecule has 0 bridgehead atoms. The number of anilines is 1. The molecule has 23 heavy (non-hydrogen) atoms. The van der Waals surface area contributed by atoms with Gasteiger partial charge in [-0.05, 0) is 35.6 Å². The third-order valence-corrected chi connectivity index (χ3v) is 4.75. The molecule has 3 rings (SSSR count). The quantitative estimate of drug-likeness (QED) is 0.917. The molecule has 0 aromatic heterocycles. The van der Waals surface area contributed by atoms with Crippen LogP contribution >= 0.6 is 0 Å². The van der Waals surface area contributed by atoms with E-state index in [0.717, 1.165) is 13.0 Å². The minimum absolute atomic E-state index is 0.0677. The molecular weight excluding hydrogens is 287 g/mol. The maximum absolute atomic E-state index is 14.1.